The lowest BCUT2D eigenvalue weighted by Gasteiger charge is -2.19. The zero-order valence-corrected chi connectivity index (χ0v) is 16.7. The first-order valence-electron chi connectivity index (χ1n) is 9.29. The van der Waals surface area contributed by atoms with Crippen LogP contribution in [0.5, 0.6) is 0 Å². The maximum atomic E-state index is 11.8. The van der Waals surface area contributed by atoms with E-state index in [-0.39, 0.29) is 17.9 Å². The lowest BCUT2D eigenvalue weighted by Crippen LogP contribution is -2.18. The van der Waals surface area contributed by atoms with E-state index in [0.717, 1.165) is 28.4 Å². The third-order valence-electron chi connectivity index (χ3n) is 4.57. The number of aryl methyl sites for hydroxylation is 1. The van der Waals surface area contributed by atoms with E-state index in [0.29, 0.717) is 6.61 Å². The van der Waals surface area contributed by atoms with E-state index in [1.54, 1.807) is 6.92 Å². The van der Waals surface area contributed by atoms with Crippen molar-refractivity contribution in [2.45, 2.75) is 40.0 Å². The Balaban J connectivity index is 2.05. The molecule has 5 nitrogen and oxygen atoms in total. The molecular weight excluding hydrogens is 338 g/mol. The molecule has 0 unspecified atom stereocenters. The third kappa shape index (κ3) is 3.97. The number of imidazole rings is 1. The number of nitrogens with zero attached hydrogens (tertiary/aromatic N) is 2. The first-order chi connectivity index (χ1) is 12.8. The van der Waals surface area contributed by atoms with Crippen molar-refractivity contribution < 1.29 is 9.53 Å². The van der Waals surface area contributed by atoms with E-state index in [1.165, 1.54) is 5.56 Å². The average Bonchev–Trinajstić information content (AvgIpc) is 2.99. The summed E-state index contributed by atoms with van der Waals surface area (Å²) < 4.78 is 7.08. The molecular formula is C22H27N3O2. The van der Waals surface area contributed by atoms with Crippen LogP contribution in [0.4, 0.5) is 5.82 Å². The Hall–Kier alpha value is -2.82. The van der Waals surface area contributed by atoms with Crippen LogP contribution in [-0.2, 0) is 14.9 Å². The van der Waals surface area contributed by atoms with Crippen LogP contribution in [0.25, 0.3) is 16.9 Å². The van der Waals surface area contributed by atoms with Crippen LogP contribution in [0, 0.1) is 6.92 Å². The number of nitrogens with one attached hydrogen (secondary N) is 1. The summed E-state index contributed by atoms with van der Waals surface area (Å²) in [6.45, 7) is 10.9. The Bertz CT molecular complexity index is 950. The predicted molar refractivity (Wildman–Crippen MR) is 109 cm³/mol. The molecule has 0 radical (unpaired) electrons. The Labute approximate surface area is 160 Å². The van der Waals surface area contributed by atoms with Gasteiger partial charge in [0.1, 0.15) is 23.7 Å². The molecule has 0 aliphatic carbocycles. The standard InChI is InChI=1S/C22H27N3O2/c1-6-27-19(26)14-23-21-20(24-18-9-7-8-15(2)25(18)21)16-10-12-17(13-11-16)22(3,4)5/h7-13,23H,6,14H2,1-5H3. The molecule has 0 aliphatic rings. The zero-order valence-electron chi connectivity index (χ0n) is 16.7. The Morgan fingerprint density at radius 1 is 1.15 bits per heavy atom. The molecule has 142 valence electrons. The summed E-state index contributed by atoms with van der Waals surface area (Å²) in [4.78, 5) is 16.7. The van der Waals surface area contributed by atoms with Gasteiger partial charge in [-0.2, -0.15) is 0 Å². The highest BCUT2D eigenvalue weighted by atomic mass is 16.5. The minimum absolute atomic E-state index is 0.0963. The number of hydrogen-bond donors (Lipinski definition) is 1. The Morgan fingerprint density at radius 2 is 1.85 bits per heavy atom. The number of fused-ring (bicyclic) bond motifs is 1. The van der Waals surface area contributed by atoms with Crippen molar-refractivity contribution in [1.82, 2.24) is 9.38 Å². The van der Waals surface area contributed by atoms with Crippen LogP contribution in [0.3, 0.4) is 0 Å². The molecule has 0 atom stereocenters. The van der Waals surface area contributed by atoms with Crippen molar-refractivity contribution in [2.75, 3.05) is 18.5 Å². The van der Waals surface area contributed by atoms with Gasteiger partial charge < -0.3 is 10.1 Å². The summed E-state index contributed by atoms with van der Waals surface area (Å²) in [5.41, 5.74) is 5.10. The lowest BCUT2D eigenvalue weighted by molar-refractivity contribution is -0.140. The minimum atomic E-state index is -0.282. The molecule has 3 rings (SSSR count). The highest BCUT2D eigenvalue weighted by molar-refractivity contribution is 5.81. The van der Waals surface area contributed by atoms with Crippen LogP contribution >= 0.6 is 0 Å². The Kier molecular flexibility index (Phi) is 5.22. The number of benzene rings is 1. The number of ether oxygens (including phenoxy) is 1. The topological polar surface area (TPSA) is 55.6 Å². The van der Waals surface area contributed by atoms with Gasteiger partial charge in [-0.15, -0.1) is 0 Å². The largest absolute Gasteiger partial charge is 0.465 e. The fourth-order valence-electron chi connectivity index (χ4n) is 3.11. The van der Waals surface area contributed by atoms with Gasteiger partial charge in [-0.3, -0.25) is 9.20 Å². The third-order valence-corrected chi connectivity index (χ3v) is 4.57. The molecule has 1 N–H and O–H groups in total. The van der Waals surface area contributed by atoms with Crippen molar-refractivity contribution in [1.29, 1.82) is 0 Å². The molecule has 0 bridgehead atoms. The second-order valence-electron chi connectivity index (χ2n) is 7.66. The molecule has 1 aromatic carbocycles. The van der Waals surface area contributed by atoms with Crippen LogP contribution < -0.4 is 5.32 Å². The fourth-order valence-corrected chi connectivity index (χ4v) is 3.11. The molecule has 0 saturated carbocycles. The van der Waals surface area contributed by atoms with E-state index in [4.69, 9.17) is 9.72 Å². The summed E-state index contributed by atoms with van der Waals surface area (Å²) in [7, 11) is 0. The lowest BCUT2D eigenvalue weighted by atomic mass is 9.86. The highest BCUT2D eigenvalue weighted by Crippen LogP contribution is 2.31. The van der Waals surface area contributed by atoms with Crippen LogP contribution in [-0.4, -0.2) is 28.5 Å². The smallest absolute Gasteiger partial charge is 0.325 e. The average molecular weight is 365 g/mol. The summed E-state index contributed by atoms with van der Waals surface area (Å²) in [6.07, 6.45) is 0. The second kappa shape index (κ2) is 7.43. The number of carbonyl (C=O) groups is 1. The molecule has 0 aliphatic heterocycles. The van der Waals surface area contributed by atoms with Crippen molar-refractivity contribution in [3.63, 3.8) is 0 Å². The normalized spacial score (nSPS) is 11.6. The second-order valence-corrected chi connectivity index (χ2v) is 7.66. The van der Waals surface area contributed by atoms with Gasteiger partial charge in [0.15, 0.2) is 0 Å². The number of carbonyl (C=O) groups excluding carboxylic acids is 1. The van der Waals surface area contributed by atoms with Gasteiger partial charge in [-0.25, -0.2) is 4.98 Å². The summed E-state index contributed by atoms with van der Waals surface area (Å²) in [6, 6.07) is 14.4. The SMILES string of the molecule is CCOC(=O)CNc1c(-c2ccc(C(C)(C)C)cc2)nc2cccc(C)n12. The monoisotopic (exact) mass is 365 g/mol. The number of esters is 1. The van der Waals surface area contributed by atoms with E-state index in [2.05, 4.69) is 50.4 Å². The summed E-state index contributed by atoms with van der Waals surface area (Å²) in [5.74, 6) is 0.523. The fraction of sp³-hybridized carbons (Fsp3) is 0.364. The van der Waals surface area contributed by atoms with Crippen molar-refractivity contribution in [3.05, 3.63) is 53.7 Å². The van der Waals surface area contributed by atoms with Crippen LogP contribution in [0.15, 0.2) is 42.5 Å². The van der Waals surface area contributed by atoms with Gasteiger partial charge in [0, 0.05) is 11.3 Å². The van der Waals surface area contributed by atoms with Crippen molar-refractivity contribution >= 4 is 17.4 Å². The Morgan fingerprint density at radius 3 is 2.48 bits per heavy atom. The molecule has 0 amide bonds. The number of pyridine rings is 1. The molecule has 0 spiro atoms. The van der Waals surface area contributed by atoms with E-state index in [1.807, 2.05) is 29.5 Å². The molecule has 3 aromatic rings. The molecule has 27 heavy (non-hydrogen) atoms. The molecule has 5 heteroatoms. The van der Waals surface area contributed by atoms with Gasteiger partial charge in [0.25, 0.3) is 0 Å². The number of aromatic nitrogens is 2. The first-order valence-corrected chi connectivity index (χ1v) is 9.29. The van der Waals surface area contributed by atoms with Gasteiger partial charge in [0.2, 0.25) is 0 Å². The van der Waals surface area contributed by atoms with Crippen LogP contribution in [0.2, 0.25) is 0 Å². The van der Waals surface area contributed by atoms with E-state index in [9.17, 15) is 4.79 Å². The predicted octanol–water partition coefficient (Wildman–Crippen LogP) is 4.58. The van der Waals surface area contributed by atoms with Crippen LogP contribution in [0.1, 0.15) is 39.0 Å². The molecule has 2 aromatic heterocycles. The first kappa shape index (κ1) is 19.0. The maximum Gasteiger partial charge on any atom is 0.325 e. The molecule has 0 fully saturated rings. The van der Waals surface area contributed by atoms with Gasteiger partial charge in [-0.1, -0.05) is 51.1 Å². The minimum Gasteiger partial charge on any atom is -0.465 e. The summed E-state index contributed by atoms with van der Waals surface area (Å²) >= 11 is 0. The molecule has 0 saturated heterocycles. The van der Waals surface area contributed by atoms with Gasteiger partial charge >= 0.3 is 5.97 Å². The summed E-state index contributed by atoms with van der Waals surface area (Å²) in [5, 5.41) is 3.23. The number of hydrogen-bond acceptors (Lipinski definition) is 4. The number of rotatable bonds is 5. The van der Waals surface area contributed by atoms with E-state index >= 15 is 0 Å². The zero-order chi connectivity index (χ0) is 19.6. The maximum absolute atomic E-state index is 11.8. The van der Waals surface area contributed by atoms with Gasteiger partial charge in [0.05, 0.1) is 6.61 Å². The van der Waals surface area contributed by atoms with Crippen molar-refractivity contribution in [3.8, 4) is 11.3 Å². The number of anilines is 1. The highest BCUT2D eigenvalue weighted by Gasteiger charge is 2.18. The molecule has 2 heterocycles. The van der Waals surface area contributed by atoms with E-state index < -0.39 is 0 Å². The van der Waals surface area contributed by atoms with Gasteiger partial charge in [-0.05, 0) is 37.0 Å². The quantitative estimate of drug-likeness (QED) is 0.672. The van der Waals surface area contributed by atoms with Crippen molar-refractivity contribution in [2.24, 2.45) is 0 Å².